The van der Waals surface area contributed by atoms with Crippen LogP contribution in [0.2, 0.25) is 10.0 Å². The third-order valence-corrected chi connectivity index (χ3v) is 5.06. The molecule has 0 aliphatic heterocycles. The van der Waals surface area contributed by atoms with Gasteiger partial charge in [-0.05, 0) is 47.0 Å². The molecule has 0 fully saturated rings. The molecule has 1 unspecified atom stereocenters. The number of aromatic nitrogens is 2. The van der Waals surface area contributed by atoms with E-state index in [2.05, 4.69) is 21.0 Å². The van der Waals surface area contributed by atoms with Crippen LogP contribution in [0.1, 0.15) is 36.9 Å². The summed E-state index contributed by atoms with van der Waals surface area (Å²) in [5.74, 6) is 0. The highest BCUT2D eigenvalue weighted by Gasteiger charge is 2.19. The molecule has 114 valence electrons. The SMILES string of the molecule is CCc1nn(CC)c(CC(O)c2ccc(Cl)c(Br)c2)c1Cl. The van der Waals surface area contributed by atoms with Crippen LogP contribution < -0.4 is 0 Å². The van der Waals surface area contributed by atoms with Crippen LogP contribution in [0.25, 0.3) is 0 Å². The van der Waals surface area contributed by atoms with E-state index in [1.807, 2.05) is 30.7 Å². The van der Waals surface area contributed by atoms with E-state index >= 15 is 0 Å². The minimum atomic E-state index is -0.650. The van der Waals surface area contributed by atoms with E-state index in [0.29, 0.717) is 16.5 Å². The topological polar surface area (TPSA) is 38.0 Å². The van der Waals surface area contributed by atoms with Gasteiger partial charge in [0.15, 0.2) is 0 Å². The number of hydrogen-bond acceptors (Lipinski definition) is 2. The highest BCUT2D eigenvalue weighted by Crippen LogP contribution is 2.30. The minimum Gasteiger partial charge on any atom is -0.388 e. The standard InChI is InChI=1S/C15H17BrCl2N2O/c1-3-12-15(18)13(20(4-2)19-12)8-14(21)9-5-6-11(17)10(16)7-9/h5-7,14,21H,3-4,8H2,1-2H3. The lowest BCUT2D eigenvalue weighted by molar-refractivity contribution is 0.175. The zero-order chi connectivity index (χ0) is 15.6. The fourth-order valence-corrected chi connectivity index (χ4v) is 3.09. The Morgan fingerprint density at radius 1 is 1.33 bits per heavy atom. The van der Waals surface area contributed by atoms with Gasteiger partial charge in [-0.25, -0.2) is 0 Å². The third kappa shape index (κ3) is 3.62. The Hall–Kier alpha value is -0.550. The van der Waals surface area contributed by atoms with E-state index in [1.165, 1.54) is 0 Å². The van der Waals surface area contributed by atoms with E-state index in [4.69, 9.17) is 23.2 Å². The monoisotopic (exact) mass is 390 g/mol. The summed E-state index contributed by atoms with van der Waals surface area (Å²) in [6.45, 7) is 4.76. The zero-order valence-corrected chi connectivity index (χ0v) is 15.0. The lowest BCUT2D eigenvalue weighted by Crippen LogP contribution is -2.09. The summed E-state index contributed by atoms with van der Waals surface area (Å²) in [5.41, 5.74) is 2.54. The van der Waals surface area contributed by atoms with Gasteiger partial charge in [-0.2, -0.15) is 5.10 Å². The van der Waals surface area contributed by atoms with Crippen LogP contribution in [-0.4, -0.2) is 14.9 Å². The molecule has 1 heterocycles. The molecule has 3 nitrogen and oxygen atoms in total. The Balaban J connectivity index is 2.28. The molecule has 0 saturated carbocycles. The predicted molar refractivity (Wildman–Crippen MR) is 90.1 cm³/mol. The van der Waals surface area contributed by atoms with E-state index in [9.17, 15) is 5.11 Å². The van der Waals surface area contributed by atoms with Crippen molar-refractivity contribution >= 4 is 39.1 Å². The second-order valence-corrected chi connectivity index (χ2v) is 6.41. The van der Waals surface area contributed by atoms with Gasteiger partial charge in [-0.15, -0.1) is 0 Å². The number of nitrogens with zero attached hydrogens (tertiary/aromatic N) is 2. The summed E-state index contributed by atoms with van der Waals surface area (Å²) >= 11 is 15.7. The molecule has 0 saturated heterocycles. The highest BCUT2D eigenvalue weighted by atomic mass is 79.9. The minimum absolute atomic E-state index is 0.424. The summed E-state index contributed by atoms with van der Waals surface area (Å²) in [5, 5.41) is 16.2. The van der Waals surface area contributed by atoms with Crippen molar-refractivity contribution in [1.29, 1.82) is 0 Å². The van der Waals surface area contributed by atoms with Crippen molar-refractivity contribution in [1.82, 2.24) is 9.78 Å². The molecular formula is C15H17BrCl2N2O. The Morgan fingerprint density at radius 2 is 2.05 bits per heavy atom. The largest absolute Gasteiger partial charge is 0.388 e. The second kappa shape index (κ2) is 7.14. The first-order chi connectivity index (χ1) is 9.97. The van der Waals surface area contributed by atoms with Gasteiger partial charge in [-0.3, -0.25) is 4.68 Å². The van der Waals surface area contributed by atoms with Gasteiger partial charge in [0, 0.05) is 17.4 Å². The molecule has 1 N–H and O–H groups in total. The highest BCUT2D eigenvalue weighted by molar-refractivity contribution is 9.10. The normalized spacial score (nSPS) is 12.7. The first-order valence-electron chi connectivity index (χ1n) is 6.84. The lowest BCUT2D eigenvalue weighted by atomic mass is 10.0. The van der Waals surface area contributed by atoms with E-state index in [1.54, 1.807) is 6.07 Å². The predicted octanol–water partition coefficient (Wildman–Crippen LogP) is 4.81. The molecule has 0 aliphatic rings. The van der Waals surface area contributed by atoms with Crippen molar-refractivity contribution in [2.45, 2.75) is 39.3 Å². The summed E-state index contributed by atoms with van der Waals surface area (Å²) in [6.07, 6.45) is 0.553. The van der Waals surface area contributed by atoms with Crippen LogP contribution in [0.15, 0.2) is 22.7 Å². The summed E-state index contributed by atoms with van der Waals surface area (Å²) in [4.78, 5) is 0. The van der Waals surface area contributed by atoms with E-state index in [0.717, 1.165) is 34.4 Å². The molecule has 0 spiro atoms. The van der Waals surface area contributed by atoms with Crippen molar-refractivity contribution in [2.75, 3.05) is 0 Å². The van der Waals surface area contributed by atoms with Crippen LogP contribution in [-0.2, 0) is 19.4 Å². The maximum atomic E-state index is 10.5. The Kier molecular flexibility index (Phi) is 5.72. The maximum Gasteiger partial charge on any atom is 0.0851 e. The van der Waals surface area contributed by atoms with Crippen LogP contribution >= 0.6 is 39.1 Å². The first-order valence-corrected chi connectivity index (χ1v) is 8.39. The van der Waals surface area contributed by atoms with Crippen molar-refractivity contribution in [3.05, 3.63) is 49.7 Å². The third-order valence-electron chi connectivity index (χ3n) is 3.41. The Labute approximate surface area is 143 Å². The van der Waals surface area contributed by atoms with Crippen LogP contribution in [0, 0.1) is 0 Å². The molecule has 0 radical (unpaired) electrons. The number of aliphatic hydroxyl groups excluding tert-OH is 1. The summed E-state index contributed by atoms with van der Waals surface area (Å²) in [7, 11) is 0. The number of rotatable bonds is 5. The zero-order valence-electron chi connectivity index (χ0n) is 11.9. The van der Waals surface area contributed by atoms with Crippen molar-refractivity contribution < 1.29 is 5.11 Å². The molecular weight excluding hydrogens is 375 g/mol. The molecule has 2 aromatic rings. The number of hydrogen-bond donors (Lipinski definition) is 1. The number of halogens is 3. The lowest BCUT2D eigenvalue weighted by Gasteiger charge is -2.13. The summed E-state index contributed by atoms with van der Waals surface area (Å²) < 4.78 is 2.63. The fourth-order valence-electron chi connectivity index (χ4n) is 2.23. The average Bonchev–Trinajstić information content (AvgIpc) is 2.78. The smallest absolute Gasteiger partial charge is 0.0851 e. The van der Waals surface area contributed by atoms with Crippen LogP contribution in [0.3, 0.4) is 0 Å². The molecule has 1 aromatic heterocycles. The average molecular weight is 392 g/mol. The molecule has 21 heavy (non-hydrogen) atoms. The van der Waals surface area contributed by atoms with Crippen molar-refractivity contribution in [3.63, 3.8) is 0 Å². The van der Waals surface area contributed by atoms with Gasteiger partial charge in [0.25, 0.3) is 0 Å². The molecule has 0 amide bonds. The number of aryl methyl sites for hydroxylation is 2. The molecule has 2 rings (SSSR count). The van der Waals surface area contributed by atoms with Gasteiger partial charge >= 0.3 is 0 Å². The van der Waals surface area contributed by atoms with Crippen molar-refractivity contribution in [3.8, 4) is 0 Å². The molecule has 0 aliphatic carbocycles. The first kappa shape index (κ1) is 16.8. The molecule has 6 heteroatoms. The maximum absolute atomic E-state index is 10.5. The molecule has 1 aromatic carbocycles. The van der Waals surface area contributed by atoms with E-state index in [-0.39, 0.29) is 0 Å². The molecule has 1 atom stereocenters. The van der Waals surface area contributed by atoms with Crippen LogP contribution in [0.5, 0.6) is 0 Å². The number of aliphatic hydroxyl groups is 1. The van der Waals surface area contributed by atoms with E-state index < -0.39 is 6.10 Å². The van der Waals surface area contributed by atoms with Crippen LogP contribution in [0.4, 0.5) is 0 Å². The van der Waals surface area contributed by atoms with Gasteiger partial charge < -0.3 is 5.11 Å². The molecule has 0 bridgehead atoms. The van der Waals surface area contributed by atoms with Gasteiger partial charge in [0.1, 0.15) is 0 Å². The van der Waals surface area contributed by atoms with Crippen molar-refractivity contribution in [2.24, 2.45) is 0 Å². The van der Waals surface area contributed by atoms with Gasteiger partial charge in [0.2, 0.25) is 0 Å². The summed E-state index contributed by atoms with van der Waals surface area (Å²) in [6, 6.07) is 5.41. The second-order valence-electron chi connectivity index (χ2n) is 4.77. The Morgan fingerprint density at radius 3 is 2.62 bits per heavy atom. The Bertz CT molecular complexity index is 643. The van der Waals surface area contributed by atoms with Gasteiger partial charge in [-0.1, -0.05) is 36.2 Å². The fraction of sp³-hybridized carbons (Fsp3) is 0.400. The quantitative estimate of drug-likeness (QED) is 0.793. The number of benzene rings is 1. The van der Waals surface area contributed by atoms with Gasteiger partial charge in [0.05, 0.1) is 27.5 Å².